The zero-order valence-electron chi connectivity index (χ0n) is 18.6. The molecule has 1 amide bonds. The number of nitrogens with zero attached hydrogens (tertiary/aromatic N) is 1. The number of phenolic OH excluding ortho intramolecular Hbond substituents is 2. The molecule has 1 atom stereocenters. The number of carbonyl (C=O) groups is 2. The maximum atomic E-state index is 12.7. The van der Waals surface area contributed by atoms with Crippen molar-refractivity contribution in [2.24, 2.45) is 0 Å². The molecule has 3 N–H and O–H groups in total. The van der Waals surface area contributed by atoms with Gasteiger partial charge in [-0.25, -0.2) is 4.79 Å². The summed E-state index contributed by atoms with van der Waals surface area (Å²) in [4.78, 5) is 32.4. The highest BCUT2D eigenvalue weighted by Crippen LogP contribution is 2.37. The Labute approximate surface area is 198 Å². The molecule has 1 fully saturated rings. The number of benzene rings is 1. The molecule has 1 aromatic carbocycles. The summed E-state index contributed by atoms with van der Waals surface area (Å²) in [7, 11) is 0. The second-order valence-corrected chi connectivity index (χ2v) is 8.52. The number of fused-ring (bicyclic) bond motifs is 1. The molecule has 0 radical (unpaired) electrons. The van der Waals surface area contributed by atoms with E-state index in [1.54, 1.807) is 4.90 Å². The smallest absolute Gasteiger partial charge is 0.342 e. The van der Waals surface area contributed by atoms with Gasteiger partial charge in [0, 0.05) is 19.2 Å². The molecule has 2 aliphatic heterocycles. The topological polar surface area (TPSA) is 108 Å². The van der Waals surface area contributed by atoms with Gasteiger partial charge in [0.25, 0.3) is 5.91 Å². The number of aromatic hydroxyl groups is 2. The Kier molecular flexibility index (Phi) is 9.60. The van der Waals surface area contributed by atoms with Crippen LogP contribution in [0.2, 0.25) is 5.02 Å². The molecule has 0 bridgehead atoms. The third-order valence-electron chi connectivity index (χ3n) is 5.64. The molecule has 0 aromatic heterocycles. The number of amides is 1. The number of carbonyl (C=O) groups excluding carboxylic acids is 2. The van der Waals surface area contributed by atoms with Crippen LogP contribution in [0.5, 0.6) is 11.5 Å². The number of rotatable bonds is 4. The molecule has 2 aliphatic rings. The van der Waals surface area contributed by atoms with Gasteiger partial charge in [0.05, 0.1) is 17.7 Å². The second-order valence-electron chi connectivity index (χ2n) is 8.14. The van der Waals surface area contributed by atoms with E-state index in [0.717, 1.165) is 51.3 Å². The zero-order valence-corrected chi connectivity index (χ0v) is 19.4. The number of cyclic esters (lactones) is 1. The molecule has 1 saturated heterocycles. The molecule has 180 valence electrons. The van der Waals surface area contributed by atoms with Crippen molar-refractivity contribution in [1.29, 1.82) is 0 Å². The molecule has 1 aromatic rings. The fraction of sp³-hybridized carbons (Fsp3) is 0.500. The Bertz CT molecular complexity index is 895. The van der Waals surface area contributed by atoms with Crippen molar-refractivity contribution in [3.8, 4) is 11.5 Å². The molecular formula is C24H31ClN2O6. The van der Waals surface area contributed by atoms with Crippen LogP contribution in [0.25, 0.3) is 0 Å². The van der Waals surface area contributed by atoms with E-state index >= 15 is 0 Å². The van der Waals surface area contributed by atoms with Gasteiger partial charge < -0.3 is 19.8 Å². The lowest BCUT2D eigenvalue weighted by Crippen LogP contribution is -2.40. The first-order chi connectivity index (χ1) is 16.0. The number of nitrogens with one attached hydrogen (secondary N) is 1. The van der Waals surface area contributed by atoms with E-state index < -0.39 is 17.8 Å². The Balaban J connectivity index is 1.78. The minimum Gasteiger partial charge on any atom is -0.507 e. The molecule has 2 heterocycles. The van der Waals surface area contributed by atoms with E-state index in [4.69, 9.17) is 21.2 Å². The Morgan fingerprint density at radius 1 is 1.12 bits per heavy atom. The van der Waals surface area contributed by atoms with E-state index in [1.165, 1.54) is 0 Å². The third-order valence-corrected chi connectivity index (χ3v) is 6.06. The summed E-state index contributed by atoms with van der Waals surface area (Å²) in [5.74, 6) is -1.56. The van der Waals surface area contributed by atoms with Gasteiger partial charge in [-0.1, -0.05) is 35.9 Å². The van der Waals surface area contributed by atoms with Crippen molar-refractivity contribution in [2.45, 2.75) is 51.0 Å². The van der Waals surface area contributed by atoms with Gasteiger partial charge >= 0.3 is 5.97 Å². The number of allylic oxidation sites excluding steroid dienone is 2. The summed E-state index contributed by atoms with van der Waals surface area (Å²) in [6, 6.07) is 0.550. The number of likely N-dealkylation sites (tertiary alicyclic amines) is 1. The minimum absolute atomic E-state index is 0.0451. The van der Waals surface area contributed by atoms with Gasteiger partial charge in [-0.3, -0.25) is 9.63 Å². The Morgan fingerprint density at radius 3 is 2.64 bits per heavy atom. The fourth-order valence-electron chi connectivity index (χ4n) is 3.90. The highest BCUT2D eigenvalue weighted by atomic mass is 35.5. The highest BCUT2D eigenvalue weighted by molar-refractivity contribution is 6.33. The fourth-order valence-corrected chi connectivity index (χ4v) is 4.12. The van der Waals surface area contributed by atoms with Crippen LogP contribution in [0.3, 0.4) is 0 Å². The lowest BCUT2D eigenvalue weighted by Gasteiger charge is -2.27. The van der Waals surface area contributed by atoms with E-state index in [0.29, 0.717) is 6.42 Å². The van der Waals surface area contributed by atoms with Gasteiger partial charge in [0.2, 0.25) is 0 Å². The highest BCUT2D eigenvalue weighted by Gasteiger charge is 2.25. The molecule has 0 spiro atoms. The summed E-state index contributed by atoms with van der Waals surface area (Å²) in [5, 5.41) is 20.4. The van der Waals surface area contributed by atoms with Crippen LogP contribution in [0, 0.1) is 0 Å². The molecule has 1 unspecified atom stereocenters. The first-order valence-corrected chi connectivity index (χ1v) is 11.7. The molecule has 9 heteroatoms. The number of hydrogen-bond acceptors (Lipinski definition) is 7. The zero-order chi connectivity index (χ0) is 23.6. The van der Waals surface area contributed by atoms with Crippen molar-refractivity contribution in [3.05, 3.63) is 46.5 Å². The van der Waals surface area contributed by atoms with Crippen LogP contribution >= 0.6 is 11.6 Å². The van der Waals surface area contributed by atoms with E-state index in [-0.39, 0.29) is 47.4 Å². The van der Waals surface area contributed by atoms with Gasteiger partial charge in [-0.05, 0) is 50.5 Å². The van der Waals surface area contributed by atoms with Gasteiger partial charge in [0.15, 0.2) is 0 Å². The summed E-state index contributed by atoms with van der Waals surface area (Å²) in [6.07, 6.45) is 13.2. The summed E-state index contributed by atoms with van der Waals surface area (Å²) in [6.45, 7) is 1.51. The quantitative estimate of drug-likeness (QED) is 0.344. The van der Waals surface area contributed by atoms with E-state index in [2.05, 4.69) is 5.48 Å². The maximum absolute atomic E-state index is 12.7. The lowest BCUT2D eigenvalue weighted by atomic mass is 9.98. The molecule has 0 aliphatic carbocycles. The second kappa shape index (κ2) is 12.6. The lowest BCUT2D eigenvalue weighted by molar-refractivity contribution is -0.140. The molecule has 0 saturated carbocycles. The summed E-state index contributed by atoms with van der Waals surface area (Å²) < 4.78 is 5.29. The number of ether oxygens (including phenoxy) is 1. The van der Waals surface area contributed by atoms with Crippen LogP contribution in [0.15, 0.2) is 30.4 Å². The van der Waals surface area contributed by atoms with Gasteiger partial charge in [-0.2, -0.15) is 5.48 Å². The molecule has 8 nitrogen and oxygen atoms in total. The Morgan fingerprint density at radius 2 is 1.85 bits per heavy atom. The SMILES string of the molecule is O=C1OCC/C=C/CC/C=C/C(NOCC(=O)N2CCCCC2)Cc2c(Cl)c(O)cc(O)c21. The predicted molar refractivity (Wildman–Crippen MR) is 124 cm³/mol. The number of hydrogen-bond donors (Lipinski definition) is 3. The van der Waals surface area contributed by atoms with Crippen molar-refractivity contribution >= 4 is 23.5 Å². The average Bonchev–Trinajstić information content (AvgIpc) is 2.80. The molecule has 33 heavy (non-hydrogen) atoms. The number of halogens is 1. The number of esters is 1. The summed E-state index contributed by atoms with van der Waals surface area (Å²) >= 11 is 6.32. The first-order valence-electron chi connectivity index (χ1n) is 11.3. The average molecular weight is 479 g/mol. The first kappa shape index (κ1) is 25.1. The number of piperidine rings is 1. The van der Waals surface area contributed by atoms with Crippen LogP contribution in [-0.2, 0) is 20.8 Å². The van der Waals surface area contributed by atoms with Crippen molar-refractivity contribution in [1.82, 2.24) is 10.4 Å². The van der Waals surface area contributed by atoms with Crippen LogP contribution in [-0.4, -0.2) is 59.3 Å². The van der Waals surface area contributed by atoms with Crippen LogP contribution < -0.4 is 5.48 Å². The van der Waals surface area contributed by atoms with Gasteiger partial charge in [0.1, 0.15) is 23.7 Å². The minimum atomic E-state index is -0.723. The van der Waals surface area contributed by atoms with Crippen LogP contribution in [0.1, 0.15) is 54.4 Å². The number of hydroxylamine groups is 1. The third kappa shape index (κ3) is 7.22. The molecule has 3 rings (SSSR count). The molecular weight excluding hydrogens is 448 g/mol. The number of phenols is 2. The van der Waals surface area contributed by atoms with E-state index in [9.17, 15) is 19.8 Å². The van der Waals surface area contributed by atoms with Gasteiger partial charge in [-0.15, -0.1) is 0 Å². The van der Waals surface area contributed by atoms with Crippen molar-refractivity contribution in [3.63, 3.8) is 0 Å². The van der Waals surface area contributed by atoms with E-state index in [1.807, 2.05) is 24.3 Å². The monoisotopic (exact) mass is 478 g/mol. The summed E-state index contributed by atoms with van der Waals surface area (Å²) in [5.41, 5.74) is 3.01. The maximum Gasteiger partial charge on any atom is 0.342 e. The predicted octanol–water partition coefficient (Wildman–Crippen LogP) is 3.65. The Hall–Kier alpha value is -2.55. The largest absolute Gasteiger partial charge is 0.507 e. The van der Waals surface area contributed by atoms with Crippen LogP contribution in [0.4, 0.5) is 0 Å². The van der Waals surface area contributed by atoms with Crippen molar-refractivity contribution < 1.29 is 29.4 Å². The standard InChI is InChI=1S/C24H31ClN2O6/c25-23-18-14-17(26-33-16-21(30)27-11-7-5-8-12-27)10-6-3-1-2-4-9-13-32-24(31)22(18)19(28)15-20(23)29/h2,4,6,10,15,17,26,28-29H,1,3,5,7-9,11-14,16H2/b4-2+,10-6+. The normalized spacial score (nSPS) is 22.0. The van der Waals surface area contributed by atoms with Crippen molar-refractivity contribution in [2.75, 3.05) is 26.3 Å².